The van der Waals surface area contributed by atoms with E-state index in [0.29, 0.717) is 23.3 Å². The van der Waals surface area contributed by atoms with Crippen LogP contribution in [-0.2, 0) is 16.1 Å². The second kappa shape index (κ2) is 8.04. The van der Waals surface area contributed by atoms with E-state index in [-0.39, 0.29) is 5.56 Å². The molecular weight excluding hydrogens is 358 g/mol. The second-order valence-corrected chi connectivity index (χ2v) is 6.42. The van der Waals surface area contributed by atoms with Gasteiger partial charge in [-0.3, -0.25) is 9.59 Å². The van der Waals surface area contributed by atoms with E-state index in [1.807, 2.05) is 32.9 Å². The highest BCUT2D eigenvalue weighted by atomic mass is 16.5. The Hall–Kier alpha value is -3.48. The normalized spacial score (nSPS) is 10.7. The molecule has 0 radical (unpaired) electrons. The van der Waals surface area contributed by atoms with Crippen molar-refractivity contribution in [1.29, 1.82) is 0 Å². The van der Waals surface area contributed by atoms with E-state index in [1.54, 1.807) is 28.8 Å². The van der Waals surface area contributed by atoms with Crippen molar-refractivity contribution in [2.24, 2.45) is 0 Å². The van der Waals surface area contributed by atoms with Crippen molar-refractivity contribution < 1.29 is 14.3 Å². The van der Waals surface area contributed by atoms with E-state index in [1.165, 1.54) is 6.20 Å². The third kappa shape index (κ3) is 3.93. The molecule has 144 valence electrons. The van der Waals surface area contributed by atoms with Crippen LogP contribution in [0, 0.1) is 13.8 Å². The summed E-state index contributed by atoms with van der Waals surface area (Å²) in [5, 5.41) is 3.02. The zero-order chi connectivity index (χ0) is 20.3. The third-order valence-electron chi connectivity index (χ3n) is 4.37. The Morgan fingerprint density at radius 2 is 1.89 bits per heavy atom. The van der Waals surface area contributed by atoms with Crippen molar-refractivity contribution in [1.82, 2.24) is 9.55 Å². The number of amides is 1. The number of fused-ring (bicyclic) bond motifs is 1. The van der Waals surface area contributed by atoms with Crippen LogP contribution in [0.15, 0.2) is 47.4 Å². The van der Waals surface area contributed by atoms with Gasteiger partial charge in [-0.15, -0.1) is 0 Å². The molecule has 28 heavy (non-hydrogen) atoms. The lowest BCUT2D eigenvalue weighted by molar-refractivity contribution is -0.119. The number of ether oxygens (including phenoxy) is 1. The first-order valence-electron chi connectivity index (χ1n) is 8.94. The number of para-hydroxylation sites is 1. The summed E-state index contributed by atoms with van der Waals surface area (Å²) >= 11 is 0. The molecule has 1 aromatic carbocycles. The number of pyridine rings is 2. The van der Waals surface area contributed by atoms with Gasteiger partial charge in [-0.1, -0.05) is 18.2 Å². The van der Waals surface area contributed by atoms with Gasteiger partial charge in [-0.05, 0) is 44.5 Å². The first-order chi connectivity index (χ1) is 13.4. The van der Waals surface area contributed by atoms with Crippen molar-refractivity contribution in [3.05, 3.63) is 69.6 Å². The zero-order valence-electron chi connectivity index (χ0n) is 16.0. The fraction of sp³-hybridized carbons (Fsp3) is 0.238. The molecule has 2 aromatic heterocycles. The number of nitrogens with zero attached hydrogens (tertiary/aromatic N) is 2. The van der Waals surface area contributed by atoms with Crippen LogP contribution in [0.1, 0.15) is 28.5 Å². The first kappa shape index (κ1) is 19.3. The van der Waals surface area contributed by atoms with Crippen LogP contribution in [0.3, 0.4) is 0 Å². The Balaban J connectivity index is 1.79. The summed E-state index contributed by atoms with van der Waals surface area (Å²) in [6, 6.07) is 10.6. The number of hydrogen-bond acceptors (Lipinski definition) is 5. The Morgan fingerprint density at radius 1 is 1.14 bits per heavy atom. The minimum atomic E-state index is -0.838. The molecule has 0 unspecified atom stereocenters. The standard InChI is InChI=1S/C21H21N3O4/c1-4-24-11-16(19(26)15-10-9-14(3)22-20(15)24)21(27)28-12-18(25)23-17-8-6-5-7-13(17)2/h5-11H,4,12H2,1-3H3,(H,23,25). The number of aryl methyl sites for hydroxylation is 3. The number of hydrogen-bond donors (Lipinski definition) is 1. The molecule has 0 atom stereocenters. The van der Waals surface area contributed by atoms with E-state index < -0.39 is 23.9 Å². The summed E-state index contributed by atoms with van der Waals surface area (Å²) in [4.78, 5) is 41.6. The number of esters is 1. The van der Waals surface area contributed by atoms with Crippen molar-refractivity contribution in [3.63, 3.8) is 0 Å². The lowest BCUT2D eigenvalue weighted by Gasteiger charge is -2.11. The maximum atomic E-state index is 12.7. The van der Waals surface area contributed by atoms with Gasteiger partial charge in [0.2, 0.25) is 5.43 Å². The fourth-order valence-corrected chi connectivity index (χ4v) is 2.85. The molecule has 3 aromatic rings. The van der Waals surface area contributed by atoms with Crippen LogP contribution < -0.4 is 10.7 Å². The average molecular weight is 379 g/mol. The van der Waals surface area contributed by atoms with Crippen LogP contribution in [-0.4, -0.2) is 28.0 Å². The molecule has 3 rings (SSSR count). The highest BCUT2D eigenvalue weighted by molar-refractivity contribution is 5.97. The predicted molar refractivity (Wildman–Crippen MR) is 107 cm³/mol. The highest BCUT2D eigenvalue weighted by Crippen LogP contribution is 2.14. The number of anilines is 1. The van der Waals surface area contributed by atoms with Crippen molar-refractivity contribution in [3.8, 4) is 0 Å². The van der Waals surface area contributed by atoms with Gasteiger partial charge in [0.25, 0.3) is 5.91 Å². The second-order valence-electron chi connectivity index (χ2n) is 6.42. The summed E-state index contributed by atoms with van der Waals surface area (Å²) in [6.45, 7) is 5.63. The molecule has 0 aliphatic rings. The molecule has 0 aliphatic carbocycles. The molecule has 0 saturated carbocycles. The van der Waals surface area contributed by atoms with Crippen molar-refractivity contribution in [2.75, 3.05) is 11.9 Å². The van der Waals surface area contributed by atoms with Gasteiger partial charge in [0.15, 0.2) is 6.61 Å². The van der Waals surface area contributed by atoms with Gasteiger partial charge in [0.1, 0.15) is 11.2 Å². The lowest BCUT2D eigenvalue weighted by Crippen LogP contribution is -2.25. The molecular formula is C21H21N3O4. The summed E-state index contributed by atoms with van der Waals surface area (Å²) < 4.78 is 6.79. The molecule has 1 N–H and O–H groups in total. The monoisotopic (exact) mass is 379 g/mol. The summed E-state index contributed by atoms with van der Waals surface area (Å²) in [5.74, 6) is -1.31. The van der Waals surface area contributed by atoms with Crippen molar-refractivity contribution >= 4 is 28.6 Å². The summed E-state index contributed by atoms with van der Waals surface area (Å²) in [5.41, 5.74) is 2.24. The van der Waals surface area contributed by atoms with Crippen LogP contribution in [0.25, 0.3) is 11.0 Å². The predicted octanol–water partition coefficient (Wildman–Crippen LogP) is 2.83. The Bertz CT molecular complexity index is 1120. The van der Waals surface area contributed by atoms with Gasteiger partial charge in [0.05, 0.1) is 5.39 Å². The third-order valence-corrected chi connectivity index (χ3v) is 4.37. The quantitative estimate of drug-likeness (QED) is 0.689. The molecule has 0 saturated heterocycles. The van der Waals surface area contributed by atoms with Gasteiger partial charge in [-0.25, -0.2) is 9.78 Å². The van der Waals surface area contributed by atoms with Crippen LogP contribution >= 0.6 is 0 Å². The highest BCUT2D eigenvalue weighted by Gasteiger charge is 2.18. The van der Waals surface area contributed by atoms with E-state index >= 15 is 0 Å². The van der Waals surface area contributed by atoms with Crippen molar-refractivity contribution in [2.45, 2.75) is 27.3 Å². The molecule has 0 bridgehead atoms. The number of nitrogens with one attached hydrogen (secondary N) is 1. The van der Waals surface area contributed by atoms with Gasteiger partial charge in [0, 0.05) is 24.1 Å². The number of carbonyl (C=O) groups is 2. The number of rotatable bonds is 5. The number of aromatic nitrogens is 2. The van der Waals surface area contributed by atoms with E-state index in [2.05, 4.69) is 10.3 Å². The summed E-state index contributed by atoms with van der Waals surface area (Å²) in [7, 11) is 0. The lowest BCUT2D eigenvalue weighted by atomic mass is 10.2. The van der Waals surface area contributed by atoms with Crippen LogP contribution in [0.5, 0.6) is 0 Å². The van der Waals surface area contributed by atoms with Gasteiger partial charge < -0.3 is 14.6 Å². The van der Waals surface area contributed by atoms with Gasteiger partial charge in [-0.2, -0.15) is 0 Å². The van der Waals surface area contributed by atoms with Crippen LogP contribution in [0.4, 0.5) is 5.69 Å². The van der Waals surface area contributed by atoms with E-state index in [0.717, 1.165) is 11.3 Å². The van der Waals surface area contributed by atoms with E-state index in [9.17, 15) is 14.4 Å². The minimum Gasteiger partial charge on any atom is -0.452 e. The average Bonchev–Trinajstić information content (AvgIpc) is 2.68. The Labute approximate surface area is 162 Å². The summed E-state index contributed by atoms with van der Waals surface area (Å²) in [6.07, 6.45) is 1.43. The molecule has 1 amide bonds. The van der Waals surface area contributed by atoms with Crippen LogP contribution in [0.2, 0.25) is 0 Å². The fourth-order valence-electron chi connectivity index (χ4n) is 2.85. The Morgan fingerprint density at radius 3 is 2.61 bits per heavy atom. The van der Waals surface area contributed by atoms with Gasteiger partial charge >= 0.3 is 5.97 Å². The molecule has 7 heteroatoms. The first-order valence-corrected chi connectivity index (χ1v) is 8.94. The molecule has 7 nitrogen and oxygen atoms in total. The molecule has 0 aliphatic heterocycles. The maximum Gasteiger partial charge on any atom is 0.344 e. The molecule has 0 spiro atoms. The van der Waals surface area contributed by atoms with E-state index in [4.69, 9.17) is 4.74 Å². The smallest absolute Gasteiger partial charge is 0.344 e. The molecule has 0 fully saturated rings. The maximum absolute atomic E-state index is 12.7. The Kier molecular flexibility index (Phi) is 5.54. The number of carbonyl (C=O) groups excluding carboxylic acids is 2. The topological polar surface area (TPSA) is 90.3 Å². The zero-order valence-corrected chi connectivity index (χ0v) is 16.0. The minimum absolute atomic E-state index is 0.122. The SMILES string of the molecule is CCn1cc(C(=O)OCC(=O)Nc2ccccc2C)c(=O)c2ccc(C)nc21. The number of benzene rings is 1. The largest absolute Gasteiger partial charge is 0.452 e. The molecule has 2 heterocycles.